The molecule has 9 heteroatoms. The largest absolute Gasteiger partial charge is 0.383 e. The highest BCUT2D eigenvalue weighted by Crippen LogP contribution is 2.18. The van der Waals surface area contributed by atoms with E-state index in [0.717, 1.165) is 6.21 Å². The lowest BCUT2D eigenvalue weighted by molar-refractivity contribution is 0.150. The number of aromatic amines is 1. The molecule has 0 unspecified atom stereocenters. The Morgan fingerprint density at radius 1 is 1.50 bits per heavy atom. The van der Waals surface area contributed by atoms with Crippen LogP contribution in [0.15, 0.2) is 24.2 Å². The van der Waals surface area contributed by atoms with Gasteiger partial charge in [-0.2, -0.15) is 9.97 Å². The monoisotopic (exact) mass is 281 g/mol. The van der Waals surface area contributed by atoms with Crippen LogP contribution in [0.4, 0.5) is 20.5 Å². The van der Waals surface area contributed by atoms with Gasteiger partial charge in [0.2, 0.25) is 5.95 Å². The molecule has 0 radical (unpaired) electrons. The van der Waals surface area contributed by atoms with Gasteiger partial charge in [0, 0.05) is 18.6 Å². The van der Waals surface area contributed by atoms with E-state index in [1.54, 1.807) is 12.3 Å². The van der Waals surface area contributed by atoms with Crippen molar-refractivity contribution < 1.29 is 8.78 Å². The normalized spacial score (nSPS) is 11.8. The Labute approximate surface area is 112 Å². The van der Waals surface area contributed by atoms with E-state index >= 15 is 0 Å². The summed E-state index contributed by atoms with van der Waals surface area (Å²) in [7, 11) is 0. The third-order valence-electron chi connectivity index (χ3n) is 2.39. The molecule has 0 bridgehead atoms. The number of nitrogens with two attached hydrogens (primary N) is 1. The van der Waals surface area contributed by atoms with Crippen molar-refractivity contribution in [3.8, 4) is 0 Å². The zero-order chi connectivity index (χ0) is 14.5. The maximum absolute atomic E-state index is 12.0. The van der Waals surface area contributed by atoms with Crippen LogP contribution in [0, 0.1) is 5.41 Å². The predicted octanol–water partition coefficient (Wildman–Crippen LogP) is 1.30. The lowest BCUT2D eigenvalue weighted by Crippen LogP contribution is -2.18. The molecule has 20 heavy (non-hydrogen) atoms. The number of nitrogen functional groups attached to an aromatic ring is 1. The van der Waals surface area contributed by atoms with E-state index in [2.05, 4.69) is 25.6 Å². The Hall–Kier alpha value is -2.71. The summed E-state index contributed by atoms with van der Waals surface area (Å²) in [6, 6.07) is 1.74. The molecule has 0 aromatic carbocycles. The number of alkyl halides is 2. The molecule has 0 atom stereocenters. The van der Waals surface area contributed by atoms with Crippen LogP contribution in [-0.4, -0.2) is 34.1 Å². The third-order valence-corrected chi connectivity index (χ3v) is 2.39. The molecular formula is C11H13F2N7. The minimum absolute atomic E-state index is 0.172. The van der Waals surface area contributed by atoms with Crippen molar-refractivity contribution in [2.75, 3.05) is 17.6 Å². The zero-order valence-corrected chi connectivity index (χ0v) is 10.3. The minimum Gasteiger partial charge on any atom is -0.383 e. The van der Waals surface area contributed by atoms with Gasteiger partial charge in [0.1, 0.15) is 11.5 Å². The number of nitrogens with one attached hydrogen (secondary N) is 4. The van der Waals surface area contributed by atoms with E-state index in [1.165, 1.54) is 6.20 Å². The number of fused-ring (bicyclic) bond motifs is 1. The van der Waals surface area contributed by atoms with Crippen molar-refractivity contribution in [1.29, 1.82) is 5.41 Å². The first-order chi connectivity index (χ1) is 9.60. The molecule has 7 nitrogen and oxygen atoms in total. The molecule has 6 N–H and O–H groups in total. The number of nitrogens with zero attached hydrogens (tertiary/aromatic N) is 2. The fourth-order valence-corrected chi connectivity index (χ4v) is 1.52. The van der Waals surface area contributed by atoms with Crippen molar-refractivity contribution in [2.45, 2.75) is 6.43 Å². The van der Waals surface area contributed by atoms with Crippen LogP contribution in [-0.2, 0) is 0 Å². The van der Waals surface area contributed by atoms with Gasteiger partial charge >= 0.3 is 0 Å². The number of hydrogen-bond donors (Lipinski definition) is 5. The molecule has 0 amide bonds. The van der Waals surface area contributed by atoms with Crippen molar-refractivity contribution in [3.05, 3.63) is 24.2 Å². The lowest BCUT2D eigenvalue weighted by atomic mass is 10.4. The molecule has 0 spiro atoms. The van der Waals surface area contributed by atoms with Crippen LogP contribution >= 0.6 is 0 Å². The van der Waals surface area contributed by atoms with Gasteiger partial charge < -0.3 is 26.8 Å². The van der Waals surface area contributed by atoms with E-state index < -0.39 is 13.0 Å². The summed E-state index contributed by atoms with van der Waals surface area (Å²) in [6.07, 6.45) is 1.41. The summed E-state index contributed by atoms with van der Waals surface area (Å²) in [5.41, 5.74) is 6.53. The molecular weight excluding hydrogens is 268 g/mol. The van der Waals surface area contributed by atoms with Gasteiger partial charge in [-0.3, -0.25) is 0 Å². The Balaban J connectivity index is 2.14. The van der Waals surface area contributed by atoms with E-state index in [9.17, 15) is 8.78 Å². The van der Waals surface area contributed by atoms with Gasteiger partial charge in [0.25, 0.3) is 6.43 Å². The molecule has 2 aromatic heterocycles. The van der Waals surface area contributed by atoms with Crippen LogP contribution in [0.3, 0.4) is 0 Å². The molecule has 0 fully saturated rings. The standard InChI is InChI=1S/C11H13F2N7/c12-8(13)5-16-4-6(3-14)18-11-19-9(15)7-1-2-17-10(7)20-11/h1-4,8,14,16H,5H2,(H4,15,17,18,19,20)/b6-4+,14-3?. The highest BCUT2D eigenvalue weighted by molar-refractivity contribution is 5.87. The Bertz CT molecular complexity index is 635. The first-order valence-corrected chi connectivity index (χ1v) is 5.70. The predicted molar refractivity (Wildman–Crippen MR) is 72.8 cm³/mol. The maximum Gasteiger partial charge on any atom is 0.255 e. The molecule has 2 aromatic rings. The van der Waals surface area contributed by atoms with Crippen LogP contribution in [0.25, 0.3) is 11.0 Å². The average molecular weight is 281 g/mol. The molecule has 2 rings (SSSR count). The molecule has 0 saturated heterocycles. The van der Waals surface area contributed by atoms with Crippen LogP contribution in [0.2, 0.25) is 0 Å². The second-order valence-corrected chi connectivity index (χ2v) is 3.84. The van der Waals surface area contributed by atoms with E-state index in [-0.39, 0.29) is 17.5 Å². The molecule has 0 saturated carbocycles. The molecule has 0 aliphatic rings. The van der Waals surface area contributed by atoms with Gasteiger partial charge in [-0.05, 0) is 6.07 Å². The van der Waals surface area contributed by atoms with Crippen molar-refractivity contribution in [2.24, 2.45) is 0 Å². The Morgan fingerprint density at radius 2 is 2.30 bits per heavy atom. The summed E-state index contributed by atoms with van der Waals surface area (Å²) in [5, 5.41) is 13.0. The van der Waals surface area contributed by atoms with E-state index in [0.29, 0.717) is 11.0 Å². The highest BCUT2D eigenvalue weighted by atomic mass is 19.3. The van der Waals surface area contributed by atoms with Crippen LogP contribution in [0.5, 0.6) is 0 Å². The summed E-state index contributed by atoms with van der Waals surface area (Å²) in [4.78, 5) is 11.1. The number of allylic oxidation sites excluding steroid dienone is 1. The number of hydrogen-bond acceptors (Lipinski definition) is 6. The third kappa shape index (κ3) is 3.19. The van der Waals surface area contributed by atoms with Gasteiger partial charge in [0.15, 0.2) is 0 Å². The summed E-state index contributed by atoms with van der Waals surface area (Å²) >= 11 is 0. The molecule has 2 heterocycles. The van der Waals surface area contributed by atoms with Gasteiger partial charge in [-0.15, -0.1) is 0 Å². The number of aromatic nitrogens is 3. The lowest BCUT2D eigenvalue weighted by Gasteiger charge is -2.07. The summed E-state index contributed by atoms with van der Waals surface area (Å²) in [6.45, 7) is -0.502. The SMILES string of the molecule is N=C/C(=C\NCC(F)F)Nc1nc(N)c2cc[nH]c2n1. The number of H-pyrrole nitrogens is 1. The van der Waals surface area contributed by atoms with Gasteiger partial charge in [0.05, 0.1) is 17.6 Å². The second kappa shape index (κ2) is 5.95. The smallest absolute Gasteiger partial charge is 0.255 e. The number of anilines is 2. The molecule has 0 aliphatic carbocycles. The minimum atomic E-state index is -2.47. The quantitative estimate of drug-likeness (QED) is 0.512. The van der Waals surface area contributed by atoms with Crippen LogP contribution in [0.1, 0.15) is 0 Å². The van der Waals surface area contributed by atoms with Crippen molar-refractivity contribution in [3.63, 3.8) is 0 Å². The van der Waals surface area contributed by atoms with Crippen LogP contribution < -0.4 is 16.4 Å². The number of halogens is 2. The molecule has 106 valence electrons. The Kier molecular flexibility index (Phi) is 4.08. The summed E-state index contributed by atoms with van der Waals surface area (Å²) in [5.74, 6) is 0.453. The number of rotatable bonds is 6. The van der Waals surface area contributed by atoms with E-state index in [1.807, 2.05) is 0 Å². The second-order valence-electron chi connectivity index (χ2n) is 3.84. The Morgan fingerprint density at radius 3 is 3.00 bits per heavy atom. The summed E-state index contributed by atoms with van der Waals surface area (Å²) < 4.78 is 24.0. The van der Waals surface area contributed by atoms with Gasteiger partial charge in [-0.1, -0.05) is 0 Å². The fourth-order valence-electron chi connectivity index (χ4n) is 1.52. The van der Waals surface area contributed by atoms with Crippen molar-refractivity contribution in [1.82, 2.24) is 20.3 Å². The highest BCUT2D eigenvalue weighted by Gasteiger charge is 2.06. The van der Waals surface area contributed by atoms with Gasteiger partial charge in [-0.25, -0.2) is 8.78 Å². The molecule has 0 aliphatic heterocycles. The fraction of sp³-hybridized carbons (Fsp3) is 0.182. The first-order valence-electron chi connectivity index (χ1n) is 5.70. The maximum atomic E-state index is 12.0. The first kappa shape index (κ1) is 13.7. The average Bonchev–Trinajstić information content (AvgIpc) is 2.86. The topological polar surface area (TPSA) is 116 Å². The van der Waals surface area contributed by atoms with Crippen molar-refractivity contribution >= 4 is 29.0 Å². The van der Waals surface area contributed by atoms with E-state index in [4.69, 9.17) is 11.1 Å². The zero-order valence-electron chi connectivity index (χ0n) is 10.3.